The minimum absolute atomic E-state index is 0.123. The molecule has 1 nitrogen and oxygen atoms in total. The summed E-state index contributed by atoms with van der Waals surface area (Å²) in [6.45, 7) is 4.55. The molecule has 70 valence electrons. The van der Waals surface area contributed by atoms with Gasteiger partial charge in [-0.1, -0.05) is 23.8 Å². The minimum Gasteiger partial charge on any atom is -0.395 e. The Morgan fingerprint density at radius 1 is 1.31 bits per heavy atom. The first-order valence-corrected chi connectivity index (χ1v) is 4.86. The van der Waals surface area contributed by atoms with E-state index in [1.165, 1.54) is 16.7 Å². The molecule has 1 aromatic rings. The van der Waals surface area contributed by atoms with Gasteiger partial charge in [-0.15, -0.1) is 0 Å². The Kier molecular flexibility index (Phi) is 1.92. The van der Waals surface area contributed by atoms with Gasteiger partial charge in [-0.3, -0.25) is 0 Å². The molecular weight excluding hydrogens is 160 g/mol. The van der Waals surface area contributed by atoms with Crippen LogP contribution in [0.2, 0.25) is 0 Å². The van der Waals surface area contributed by atoms with E-state index in [-0.39, 0.29) is 5.41 Å². The van der Waals surface area contributed by atoms with E-state index < -0.39 is 0 Å². The van der Waals surface area contributed by atoms with Crippen molar-refractivity contribution in [1.29, 1.82) is 0 Å². The maximum atomic E-state index is 9.30. The third-order valence-corrected chi connectivity index (χ3v) is 3.11. The van der Waals surface area contributed by atoms with E-state index in [4.69, 9.17) is 0 Å². The number of hydrogen-bond donors (Lipinski definition) is 1. The number of aliphatic hydroxyl groups is 1. The largest absolute Gasteiger partial charge is 0.395 e. The summed E-state index contributed by atoms with van der Waals surface area (Å²) in [5.74, 6) is 0. The molecule has 0 aliphatic heterocycles. The van der Waals surface area contributed by atoms with E-state index in [1.54, 1.807) is 0 Å². The van der Waals surface area contributed by atoms with Gasteiger partial charge in [-0.2, -0.15) is 0 Å². The summed E-state index contributed by atoms with van der Waals surface area (Å²) in [4.78, 5) is 0. The third-order valence-electron chi connectivity index (χ3n) is 3.11. The lowest BCUT2D eigenvalue weighted by atomic mass is 9.92. The van der Waals surface area contributed by atoms with Crippen LogP contribution >= 0.6 is 0 Å². The maximum Gasteiger partial charge on any atom is 0.0528 e. The zero-order valence-corrected chi connectivity index (χ0v) is 8.30. The van der Waals surface area contributed by atoms with Crippen molar-refractivity contribution in [2.24, 2.45) is 0 Å². The summed E-state index contributed by atoms with van der Waals surface area (Å²) in [6.07, 6.45) is 2.29. The molecule has 1 aliphatic carbocycles. The summed E-state index contributed by atoms with van der Waals surface area (Å²) in [6, 6.07) is 6.51. The minimum atomic E-state index is 0.123. The summed E-state index contributed by atoms with van der Waals surface area (Å²) in [5, 5.41) is 9.30. The Morgan fingerprint density at radius 2 is 2.00 bits per heavy atom. The highest BCUT2D eigenvalue weighted by Gasteiger charge is 2.44. The van der Waals surface area contributed by atoms with Gasteiger partial charge in [0.2, 0.25) is 0 Å². The molecule has 13 heavy (non-hydrogen) atoms. The standard InChI is InChI=1S/C12H16O/c1-9-3-4-11(10(2)7-9)12(8-13)5-6-12/h3-4,7,13H,5-6,8H2,1-2H3. The summed E-state index contributed by atoms with van der Waals surface area (Å²) in [5.41, 5.74) is 4.10. The van der Waals surface area contributed by atoms with Crippen LogP contribution in [0.4, 0.5) is 0 Å². The van der Waals surface area contributed by atoms with Gasteiger partial charge in [-0.05, 0) is 37.8 Å². The molecule has 0 atom stereocenters. The fraction of sp³-hybridized carbons (Fsp3) is 0.500. The van der Waals surface area contributed by atoms with Crippen molar-refractivity contribution in [3.8, 4) is 0 Å². The molecule has 0 heterocycles. The van der Waals surface area contributed by atoms with Crippen LogP contribution in [0.1, 0.15) is 29.5 Å². The molecule has 0 unspecified atom stereocenters. The molecule has 1 saturated carbocycles. The average Bonchev–Trinajstić information content (AvgIpc) is 2.85. The summed E-state index contributed by atoms with van der Waals surface area (Å²) >= 11 is 0. The first-order valence-electron chi connectivity index (χ1n) is 4.86. The first-order chi connectivity index (χ1) is 6.18. The van der Waals surface area contributed by atoms with Gasteiger partial charge in [0.05, 0.1) is 6.61 Å². The van der Waals surface area contributed by atoms with Crippen LogP contribution in [0.25, 0.3) is 0 Å². The van der Waals surface area contributed by atoms with Gasteiger partial charge >= 0.3 is 0 Å². The molecule has 1 fully saturated rings. The molecule has 0 amide bonds. The molecule has 1 aromatic carbocycles. The third kappa shape index (κ3) is 1.37. The van der Waals surface area contributed by atoms with Gasteiger partial charge in [0, 0.05) is 5.41 Å². The lowest BCUT2D eigenvalue weighted by Crippen LogP contribution is -2.13. The number of benzene rings is 1. The van der Waals surface area contributed by atoms with Crippen LogP contribution in [0, 0.1) is 13.8 Å². The molecule has 0 aromatic heterocycles. The smallest absolute Gasteiger partial charge is 0.0528 e. The molecular formula is C12H16O. The molecule has 0 saturated heterocycles. The topological polar surface area (TPSA) is 20.2 Å². The molecule has 2 rings (SSSR count). The SMILES string of the molecule is Cc1ccc(C2(CO)CC2)c(C)c1. The number of aryl methyl sites for hydroxylation is 2. The fourth-order valence-corrected chi connectivity index (χ4v) is 2.07. The van der Waals surface area contributed by atoms with Gasteiger partial charge in [0.1, 0.15) is 0 Å². The van der Waals surface area contributed by atoms with Crippen LogP contribution in [-0.2, 0) is 5.41 Å². The van der Waals surface area contributed by atoms with Crippen molar-refractivity contribution in [3.63, 3.8) is 0 Å². The van der Waals surface area contributed by atoms with Crippen molar-refractivity contribution in [3.05, 3.63) is 34.9 Å². The molecule has 1 aliphatic rings. The Labute approximate surface area is 79.4 Å². The van der Waals surface area contributed by atoms with Crippen molar-refractivity contribution >= 4 is 0 Å². The van der Waals surface area contributed by atoms with E-state index in [0.717, 1.165) is 12.8 Å². The van der Waals surface area contributed by atoms with Gasteiger partial charge < -0.3 is 5.11 Å². The van der Waals surface area contributed by atoms with E-state index in [9.17, 15) is 5.11 Å². The summed E-state index contributed by atoms with van der Waals surface area (Å²) in [7, 11) is 0. The average molecular weight is 176 g/mol. The normalized spacial score (nSPS) is 18.7. The monoisotopic (exact) mass is 176 g/mol. The molecule has 0 spiro atoms. The molecule has 0 bridgehead atoms. The van der Waals surface area contributed by atoms with Crippen LogP contribution in [0.15, 0.2) is 18.2 Å². The van der Waals surface area contributed by atoms with Crippen molar-refractivity contribution in [2.45, 2.75) is 32.1 Å². The highest BCUT2D eigenvalue weighted by atomic mass is 16.3. The lowest BCUT2D eigenvalue weighted by molar-refractivity contribution is 0.254. The lowest BCUT2D eigenvalue weighted by Gasteiger charge is -2.15. The Balaban J connectivity index is 2.41. The second-order valence-corrected chi connectivity index (χ2v) is 4.26. The first kappa shape index (κ1) is 8.76. The van der Waals surface area contributed by atoms with Crippen LogP contribution in [0.3, 0.4) is 0 Å². The quantitative estimate of drug-likeness (QED) is 0.733. The van der Waals surface area contributed by atoms with Crippen molar-refractivity contribution < 1.29 is 5.11 Å². The van der Waals surface area contributed by atoms with Crippen LogP contribution in [0.5, 0.6) is 0 Å². The second kappa shape index (κ2) is 2.85. The van der Waals surface area contributed by atoms with Crippen LogP contribution in [-0.4, -0.2) is 11.7 Å². The Morgan fingerprint density at radius 3 is 2.46 bits per heavy atom. The highest BCUT2D eigenvalue weighted by Crippen LogP contribution is 2.48. The van der Waals surface area contributed by atoms with Crippen LogP contribution < -0.4 is 0 Å². The van der Waals surface area contributed by atoms with Gasteiger partial charge in [0.15, 0.2) is 0 Å². The second-order valence-electron chi connectivity index (χ2n) is 4.26. The summed E-state index contributed by atoms with van der Waals surface area (Å²) < 4.78 is 0. The Bertz CT molecular complexity index is 324. The molecule has 1 N–H and O–H groups in total. The van der Waals surface area contributed by atoms with Gasteiger partial charge in [-0.25, -0.2) is 0 Å². The van der Waals surface area contributed by atoms with Crippen molar-refractivity contribution in [1.82, 2.24) is 0 Å². The fourth-order valence-electron chi connectivity index (χ4n) is 2.07. The highest BCUT2D eigenvalue weighted by molar-refractivity contribution is 5.40. The number of hydrogen-bond acceptors (Lipinski definition) is 1. The predicted octanol–water partition coefficient (Wildman–Crippen LogP) is 2.33. The maximum absolute atomic E-state index is 9.30. The van der Waals surface area contributed by atoms with E-state index >= 15 is 0 Å². The Hall–Kier alpha value is -0.820. The number of aliphatic hydroxyl groups excluding tert-OH is 1. The van der Waals surface area contributed by atoms with E-state index in [0.29, 0.717) is 6.61 Å². The zero-order chi connectivity index (χ0) is 9.47. The van der Waals surface area contributed by atoms with E-state index in [2.05, 4.69) is 32.0 Å². The molecule has 0 radical (unpaired) electrons. The predicted molar refractivity (Wildman–Crippen MR) is 53.9 cm³/mol. The van der Waals surface area contributed by atoms with Crippen molar-refractivity contribution in [2.75, 3.05) is 6.61 Å². The zero-order valence-electron chi connectivity index (χ0n) is 8.30. The van der Waals surface area contributed by atoms with Gasteiger partial charge in [0.25, 0.3) is 0 Å². The number of rotatable bonds is 2. The molecule has 1 heteroatoms. The van der Waals surface area contributed by atoms with E-state index in [1.807, 2.05) is 0 Å².